The molecule has 1 heterocycles. The Kier molecular flexibility index (Phi) is 11.5. The number of carboxylic acids is 3. The molecule has 14 nitrogen and oxygen atoms in total. The molecule has 43 heavy (non-hydrogen) atoms. The predicted molar refractivity (Wildman–Crippen MR) is 145 cm³/mol. The smallest absolute Gasteiger partial charge is 0.490 e. The number of nitrogens with two attached hydrogens (primary N) is 2. The summed E-state index contributed by atoms with van der Waals surface area (Å²) in [4.78, 5) is 59.8. The molecular weight excluding hydrogens is 603 g/mol. The quantitative estimate of drug-likeness (QED) is 0.0865. The molecule has 0 spiro atoms. The fourth-order valence-corrected chi connectivity index (χ4v) is 4.06. The van der Waals surface area contributed by atoms with Crippen molar-refractivity contribution >= 4 is 62.1 Å². The summed E-state index contributed by atoms with van der Waals surface area (Å²) in [5.74, 6) is -7.15. The number of anilines is 1. The minimum atomic E-state index is -5.08. The number of halogens is 3. The summed E-state index contributed by atoms with van der Waals surface area (Å²) < 4.78 is 38.2. The van der Waals surface area contributed by atoms with Gasteiger partial charge < -0.3 is 36.8 Å². The third-order valence-corrected chi connectivity index (χ3v) is 6.21. The van der Waals surface area contributed by atoms with Crippen LogP contribution in [0.5, 0.6) is 5.75 Å². The molecule has 0 aliphatic heterocycles. The van der Waals surface area contributed by atoms with Crippen LogP contribution in [0, 0.1) is 5.41 Å². The monoisotopic (exact) mass is 627 g/mol. The molecule has 3 aromatic rings. The molecule has 0 bridgehead atoms. The first-order valence-electron chi connectivity index (χ1n) is 11.8. The van der Waals surface area contributed by atoms with Gasteiger partial charge in [-0.3, -0.25) is 19.8 Å². The second-order valence-corrected chi connectivity index (χ2v) is 9.65. The van der Waals surface area contributed by atoms with Crippen LogP contribution < -0.4 is 21.5 Å². The number of ketones is 1. The molecule has 0 unspecified atom stereocenters. The van der Waals surface area contributed by atoms with Gasteiger partial charge in [0.05, 0.1) is 16.3 Å². The molecule has 0 saturated heterocycles. The van der Waals surface area contributed by atoms with Gasteiger partial charge in [0.2, 0.25) is 5.78 Å². The van der Waals surface area contributed by atoms with E-state index in [1.807, 2.05) is 0 Å². The van der Waals surface area contributed by atoms with E-state index in [2.05, 4.69) is 10.3 Å². The molecular formula is C25H24F3N5O9S. The average molecular weight is 628 g/mol. The number of alkyl halides is 3. The van der Waals surface area contributed by atoms with Crippen molar-refractivity contribution in [3.63, 3.8) is 0 Å². The molecule has 0 radical (unpaired) electrons. The number of rotatable bonds is 12. The van der Waals surface area contributed by atoms with Crippen molar-refractivity contribution in [2.75, 3.05) is 12.3 Å². The Morgan fingerprint density at radius 3 is 2.23 bits per heavy atom. The Labute approximate surface area is 243 Å². The lowest BCUT2D eigenvalue weighted by Gasteiger charge is -2.20. The third-order valence-electron chi connectivity index (χ3n) is 5.36. The highest BCUT2D eigenvalue weighted by Gasteiger charge is 2.38. The minimum absolute atomic E-state index is 0.0343. The van der Waals surface area contributed by atoms with Crippen molar-refractivity contribution in [3.05, 3.63) is 53.1 Å². The lowest BCUT2D eigenvalue weighted by atomic mass is 10.0. The second kappa shape index (κ2) is 14.6. The minimum Gasteiger partial charge on any atom is -0.491 e. The van der Waals surface area contributed by atoms with E-state index in [-0.39, 0.29) is 42.2 Å². The molecule has 0 saturated carbocycles. The van der Waals surface area contributed by atoms with E-state index in [1.165, 1.54) is 29.5 Å². The molecule has 2 aromatic carbocycles. The van der Waals surface area contributed by atoms with Gasteiger partial charge in [-0.05, 0) is 30.7 Å². The molecule has 18 heteroatoms. The fraction of sp³-hybridized carbons (Fsp3) is 0.240. The van der Waals surface area contributed by atoms with Crippen LogP contribution in [0.4, 0.5) is 18.3 Å². The highest BCUT2D eigenvalue weighted by Crippen LogP contribution is 2.25. The Bertz CT molecular complexity index is 1560. The van der Waals surface area contributed by atoms with Gasteiger partial charge in [0, 0.05) is 29.5 Å². The number of carboxylic acid groups (broad SMARTS) is 3. The van der Waals surface area contributed by atoms with Gasteiger partial charge in [-0.25, -0.2) is 14.6 Å². The van der Waals surface area contributed by atoms with Gasteiger partial charge in [-0.2, -0.15) is 13.2 Å². The molecule has 0 fully saturated rings. The summed E-state index contributed by atoms with van der Waals surface area (Å²) in [6, 6.07) is 8.35. The third kappa shape index (κ3) is 10.6. The number of benzene rings is 2. The first-order chi connectivity index (χ1) is 20.0. The number of hydrogen-bond donors (Lipinski definition) is 7. The van der Waals surface area contributed by atoms with E-state index in [0.29, 0.717) is 20.9 Å². The maximum atomic E-state index is 12.9. The van der Waals surface area contributed by atoms with Gasteiger partial charge in [-0.15, -0.1) is 0 Å². The molecule has 1 amide bonds. The summed E-state index contributed by atoms with van der Waals surface area (Å²) in [6.45, 7) is -0.190. The van der Waals surface area contributed by atoms with E-state index in [1.54, 1.807) is 18.2 Å². The van der Waals surface area contributed by atoms with E-state index in [4.69, 9.17) is 41.7 Å². The maximum Gasteiger partial charge on any atom is 0.490 e. The number of thiazole rings is 1. The standard InChI is InChI=1S/C23H23N5O7S.C2HF3O2/c24-20(25)12-2-1-11(7-16(29)22(33)34)17(8-12)35-10-14(4-6-19(30)31)27-21(32)13-3-5-15-18(9-13)36-23(26)28-15;3-2(4,5)1(6)7/h1-3,5,8-9,14H,4,6-7,10H2,(H3,24,25)(H2,26,28)(H,27,32)(H,30,31)(H,33,34);(H,6,7)/t14-;/m1./s1. The van der Waals surface area contributed by atoms with Crippen LogP contribution in [-0.2, 0) is 25.6 Å². The Morgan fingerprint density at radius 2 is 1.67 bits per heavy atom. The van der Waals surface area contributed by atoms with Crippen molar-refractivity contribution in [1.82, 2.24) is 10.3 Å². The van der Waals surface area contributed by atoms with Crippen molar-refractivity contribution in [2.24, 2.45) is 5.73 Å². The van der Waals surface area contributed by atoms with Gasteiger partial charge in [-0.1, -0.05) is 23.5 Å². The maximum absolute atomic E-state index is 12.9. The first-order valence-corrected chi connectivity index (χ1v) is 12.6. The number of aromatic nitrogens is 1. The number of amidine groups is 1. The number of carbonyl (C=O) groups is 5. The van der Waals surface area contributed by atoms with Crippen molar-refractivity contribution < 1.29 is 57.2 Å². The van der Waals surface area contributed by atoms with E-state index < -0.39 is 48.2 Å². The average Bonchev–Trinajstić information content (AvgIpc) is 3.29. The number of amides is 1. The van der Waals surface area contributed by atoms with Crippen LogP contribution in [0.1, 0.15) is 34.3 Å². The van der Waals surface area contributed by atoms with E-state index in [0.717, 1.165) is 0 Å². The van der Waals surface area contributed by atoms with Crippen LogP contribution in [0.25, 0.3) is 10.2 Å². The zero-order valence-corrected chi connectivity index (χ0v) is 22.6. The number of carbonyl (C=O) groups excluding carboxylic acids is 2. The number of hydrogen-bond acceptors (Lipinski definition) is 10. The van der Waals surface area contributed by atoms with E-state index >= 15 is 0 Å². The number of fused-ring (bicyclic) bond motifs is 1. The number of nitrogen functional groups attached to an aromatic ring is 2. The molecule has 230 valence electrons. The zero-order chi connectivity index (χ0) is 32.5. The zero-order valence-electron chi connectivity index (χ0n) is 21.8. The van der Waals surface area contributed by atoms with Crippen molar-refractivity contribution in [3.8, 4) is 5.75 Å². The number of ether oxygens (including phenoxy) is 1. The summed E-state index contributed by atoms with van der Waals surface area (Å²) in [7, 11) is 0. The molecule has 0 aliphatic rings. The predicted octanol–water partition coefficient (Wildman–Crippen LogP) is 2.03. The molecule has 1 aromatic heterocycles. The van der Waals surface area contributed by atoms with Crippen molar-refractivity contribution in [1.29, 1.82) is 5.41 Å². The van der Waals surface area contributed by atoms with E-state index in [9.17, 15) is 32.3 Å². The molecule has 9 N–H and O–H groups in total. The topological polar surface area (TPSA) is 256 Å². The van der Waals surface area contributed by atoms with Crippen molar-refractivity contribution in [2.45, 2.75) is 31.5 Å². The molecule has 3 rings (SSSR count). The first kappa shape index (κ1) is 33.9. The largest absolute Gasteiger partial charge is 0.491 e. The van der Waals surface area contributed by atoms with Gasteiger partial charge >= 0.3 is 24.1 Å². The molecule has 1 atom stereocenters. The summed E-state index contributed by atoms with van der Waals surface area (Å²) in [6.07, 6.45) is -5.77. The lowest BCUT2D eigenvalue weighted by Crippen LogP contribution is -2.39. The normalized spacial score (nSPS) is 11.5. The highest BCUT2D eigenvalue weighted by atomic mass is 32.1. The highest BCUT2D eigenvalue weighted by molar-refractivity contribution is 7.22. The number of nitrogens with one attached hydrogen (secondary N) is 2. The number of nitrogens with zero attached hydrogens (tertiary/aromatic N) is 1. The van der Waals surface area contributed by atoms with Crippen LogP contribution >= 0.6 is 11.3 Å². The van der Waals surface area contributed by atoms with Crippen LogP contribution in [0.2, 0.25) is 0 Å². The van der Waals surface area contributed by atoms with Crippen LogP contribution in [0.3, 0.4) is 0 Å². The van der Waals surface area contributed by atoms with Crippen LogP contribution in [0.15, 0.2) is 36.4 Å². The van der Waals surface area contributed by atoms with Gasteiger partial charge in [0.15, 0.2) is 5.13 Å². The van der Waals surface area contributed by atoms with Crippen LogP contribution in [-0.4, -0.2) is 74.6 Å². The van der Waals surface area contributed by atoms with Gasteiger partial charge in [0.25, 0.3) is 5.91 Å². The summed E-state index contributed by atoms with van der Waals surface area (Å²) >= 11 is 1.22. The fourth-order valence-electron chi connectivity index (χ4n) is 3.29. The summed E-state index contributed by atoms with van der Waals surface area (Å²) in [5.41, 5.74) is 12.7. The Morgan fingerprint density at radius 1 is 1.05 bits per heavy atom. The second-order valence-electron chi connectivity index (χ2n) is 8.59. The molecule has 0 aliphatic carbocycles. The Hall–Kier alpha value is -5.26. The lowest BCUT2D eigenvalue weighted by molar-refractivity contribution is -0.192. The number of Topliss-reactive ketones (excluding diaryl/α,β-unsaturated/α-hetero) is 1. The number of aliphatic carboxylic acids is 3. The summed E-state index contributed by atoms with van der Waals surface area (Å²) in [5, 5.41) is 35.9. The Balaban J connectivity index is 0.000000821. The van der Waals surface area contributed by atoms with Gasteiger partial charge in [0.1, 0.15) is 18.2 Å². The SMILES string of the molecule is N=C(N)c1ccc(CC(=O)C(=O)O)c(OC[C@@H](CCC(=O)O)NC(=O)c2ccc3nc(N)sc3c2)c1.O=C(O)C(F)(F)F.